The Balaban J connectivity index is 0.000000413. The van der Waals surface area contributed by atoms with Gasteiger partial charge in [-0.2, -0.15) is 0 Å². The van der Waals surface area contributed by atoms with Gasteiger partial charge in [0.05, 0.1) is 11.3 Å². The molecule has 0 aliphatic rings. The van der Waals surface area contributed by atoms with Crippen molar-refractivity contribution in [3.8, 4) is 21.7 Å². The summed E-state index contributed by atoms with van der Waals surface area (Å²) in [6, 6.07) is 21.1. The van der Waals surface area contributed by atoms with Gasteiger partial charge in [0.15, 0.2) is 5.78 Å². The van der Waals surface area contributed by atoms with Crippen molar-refractivity contribution in [3.05, 3.63) is 95.0 Å². The van der Waals surface area contributed by atoms with E-state index < -0.39 is 0 Å². The second kappa shape index (κ2) is 12.1. The fourth-order valence-electron chi connectivity index (χ4n) is 5.05. The predicted octanol–water partition coefficient (Wildman–Crippen LogP) is 9.46. The van der Waals surface area contributed by atoms with Crippen molar-refractivity contribution in [2.24, 2.45) is 0 Å². The Morgan fingerprint density at radius 3 is 2.35 bits per heavy atom. The molecule has 0 bridgehead atoms. The summed E-state index contributed by atoms with van der Waals surface area (Å²) in [5.41, 5.74) is 9.33. The van der Waals surface area contributed by atoms with E-state index in [-0.39, 0.29) is 31.6 Å². The molecule has 0 fully saturated rings. The summed E-state index contributed by atoms with van der Waals surface area (Å²) in [7, 11) is 0. The molecule has 7 heteroatoms. The molecule has 1 radical (unpaired) electrons. The van der Waals surface area contributed by atoms with Crippen LogP contribution < -0.4 is 0 Å². The third kappa shape index (κ3) is 5.93. The molecule has 205 valence electrons. The first-order valence-electron chi connectivity index (χ1n) is 12.7. The summed E-state index contributed by atoms with van der Waals surface area (Å²) in [5, 5.41) is 11.1. The number of nitrogens with zero attached hydrogens (tertiary/aromatic N) is 2. The zero-order valence-electron chi connectivity index (χ0n) is 23.2. The van der Waals surface area contributed by atoms with Gasteiger partial charge in [-0.25, -0.2) is 4.98 Å². The molecule has 0 unspecified atom stereocenters. The van der Waals surface area contributed by atoms with Crippen molar-refractivity contribution in [1.82, 2.24) is 9.97 Å². The maximum absolute atomic E-state index is 10.0. The standard InChI is InChI=1S/C28H21N2S2.C5H8O2.Ir/c1-15-9-16(2)11-19(10-15)26-28-22(29-14-30-26)13-24(32-28)25-17(3)12-21-20-7-5-6-8-23(20)31-27(21)18(25)4;1-4(6)3-5(2)7;/h5-10,12-14H,1-4H3;3,6H,1-2H3;/q-1;;/b;4-3-;. The Kier molecular flexibility index (Phi) is 9.01. The zero-order chi connectivity index (χ0) is 27.8. The van der Waals surface area contributed by atoms with E-state index in [4.69, 9.17) is 5.11 Å². The van der Waals surface area contributed by atoms with Crippen LogP contribution in [-0.2, 0) is 24.9 Å². The number of aliphatic hydroxyl groups is 1. The quantitative estimate of drug-likeness (QED) is 0.112. The van der Waals surface area contributed by atoms with Crippen LogP contribution in [0.25, 0.3) is 52.1 Å². The topological polar surface area (TPSA) is 63.1 Å². The van der Waals surface area contributed by atoms with E-state index in [0.29, 0.717) is 0 Å². The van der Waals surface area contributed by atoms with E-state index in [1.54, 1.807) is 17.7 Å². The van der Waals surface area contributed by atoms with Gasteiger partial charge in [0.1, 0.15) is 6.33 Å². The molecule has 0 saturated heterocycles. The molecule has 3 aromatic carbocycles. The van der Waals surface area contributed by atoms with Gasteiger partial charge in [-0.1, -0.05) is 32.0 Å². The number of hydrogen-bond acceptors (Lipinski definition) is 6. The average Bonchev–Trinajstić information content (AvgIpc) is 3.45. The van der Waals surface area contributed by atoms with Crippen molar-refractivity contribution >= 4 is 58.8 Å². The van der Waals surface area contributed by atoms with Crippen LogP contribution >= 0.6 is 22.7 Å². The molecule has 3 heterocycles. The van der Waals surface area contributed by atoms with E-state index in [1.807, 2.05) is 11.3 Å². The summed E-state index contributed by atoms with van der Waals surface area (Å²) in [5.74, 6) is -0.0625. The predicted molar refractivity (Wildman–Crippen MR) is 166 cm³/mol. The maximum Gasteiger partial charge on any atom is 0.155 e. The summed E-state index contributed by atoms with van der Waals surface area (Å²) >= 11 is 3.67. The van der Waals surface area contributed by atoms with Gasteiger partial charge in [0, 0.05) is 61.6 Å². The van der Waals surface area contributed by atoms with E-state index in [0.717, 1.165) is 27.0 Å². The number of ketones is 1. The molecule has 6 rings (SSSR count). The zero-order valence-corrected chi connectivity index (χ0v) is 27.2. The average molecular weight is 742 g/mol. The Labute approximate surface area is 255 Å². The molecule has 0 amide bonds. The van der Waals surface area contributed by atoms with E-state index >= 15 is 0 Å². The summed E-state index contributed by atoms with van der Waals surface area (Å²) < 4.78 is 3.84. The number of rotatable bonds is 3. The summed E-state index contributed by atoms with van der Waals surface area (Å²) in [4.78, 5) is 20.5. The fourth-order valence-corrected chi connectivity index (χ4v) is 7.52. The summed E-state index contributed by atoms with van der Waals surface area (Å²) in [6.45, 7) is 11.5. The molecule has 4 nitrogen and oxygen atoms in total. The SMILES string of the molecule is CC(=O)/C=C(/C)O.Cc1[c-]c(-c2ncnc3cc(-c4c(C)cc5c(sc6ccccc65)c4C)sc23)cc(C)c1.[Ir]. The first-order chi connectivity index (χ1) is 18.6. The van der Waals surface area contributed by atoms with Gasteiger partial charge in [0.25, 0.3) is 0 Å². The van der Waals surface area contributed by atoms with E-state index in [1.165, 1.54) is 67.2 Å². The minimum Gasteiger partial charge on any atom is -0.512 e. The van der Waals surface area contributed by atoms with Gasteiger partial charge < -0.3 is 5.11 Å². The minimum absolute atomic E-state index is 0. The number of benzene rings is 3. The van der Waals surface area contributed by atoms with Crippen molar-refractivity contribution in [3.63, 3.8) is 0 Å². The molecular formula is C33H29IrN2O2S2-. The Bertz CT molecular complexity index is 1890. The second-order valence-corrected chi connectivity index (χ2v) is 12.0. The molecule has 0 aliphatic heterocycles. The Morgan fingerprint density at radius 2 is 1.68 bits per heavy atom. The van der Waals surface area contributed by atoms with Gasteiger partial charge in [-0.3, -0.25) is 9.78 Å². The number of carbonyl (C=O) groups is 1. The van der Waals surface area contributed by atoms with Gasteiger partial charge in [-0.15, -0.1) is 57.6 Å². The first-order valence-corrected chi connectivity index (χ1v) is 14.3. The molecule has 40 heavy (non-hydrogen) atoms. The second-order valence-electron chi connectivity index (χ2n) is 9.87. The summed E-state index contributed by atoms with van der Waals surface area (Å²) in [6.07, 6.45) is 2.84. The number of aromatic nitrogens is 2. The van der Waals surface area contributed by atoms with Crippen LogP contribution in [0.2, 0.25) is 0 Å². The Morgan fingerprint density at radius 1 is 0.925 bits per heavy atom. The molecule has 0 spiro atoms. The normalized spacial score (nSPS) is 11.4. The number of aryl methyl sites for hydroxylation is 4. The van der Waals surface area contributed by atoms with Gasteiger partial charge in [0.2, 0.25) is 0 Å². The van der Waals surface area contributed by atoms with E-state index in [2.05, 4.69) is 92.3 Å². The minimum atomic E-state index is -0.125. The van der Waals surface area contributed by atoms with Crippen LogP contribution in [0.4, 0.5) is 0 Å². The number of aliphatic hydroxyl groups excluding tert-OH is 1. The van der Waals surface area contributed by atoms with Crippen LogP contribution in [0.1, 0.15) is 36.1 Å². The molecule has 6 aromatic rings. The van der Waals surface area contributed by atoms with Crippen molar-refractivity contribution < 1.29 is 30.0 Å². The van der Waals surface area contributed by atoms with Crippen LogP contribution in [0, 0.1) is 33.8 Å². The van der Waals surface area contributed by atoms with Crippen LogP contribution in [0.15, 0.2) is 66.7 Å². The monoisotopic (exact) mass is 742 g/mol. The number of fused-ring (bicyclic) bond motifs is 4. The van der Waals surface area contributed by atoms with Crippen molar-refractivity contribution in [1.29, 1.82) is 0 Å². The van der Waals surface area contributed by atoms with Gasteiger partial charge in [-0.05, 0) is 62.6 Å². The fraction of sp³-hybridized carbons (Fsp3) is 0.182. The van der Waals surface area contributed by atoms with Crippen LogP contribution in [0.3, 0.4) is 0 Å². The number of hydrogen-bond donors (Lipinski definition) is 1. The first kappa shape index (κ1) is 29.8. The molecule has 0 aliphatic carbocycles. The Hall–Kier alpha value is -3.22. The van der Waals surface area contributed by atoms with Gasteiger partial charge >= 0.3 is 0 Å². The third-order valence-electron chi connectivity index (χ3n) is 6.48. The molecular weight excluding hydrogens is 713 g/mol. The molecule has 1 N–H and O–H groups in total. The third-order valence-corrected chi connectivity index (χ3v) is 8.93. The smallest absolute Gasteiger partial charge is 0.155 e. The van der Waals surface area contributed by atoms with Crippen LogP contribution in [0.5, 0.6) is 0 Å². The maximum atomic E-state index is 10.0. The molecule has 0 atom stereocenters. The molecule has 0 saturated carbocycles. The van der Waals surface area contributed by atoms with Crippen LogP contribution in [-0.4, -0.2) is 20.9 Å². The number of thiophene rings is 2. The number of carbonyl (C=O) groups excluding carboxylic acids is 1. The molecule has 3 aromatic heterocycles. The van der Waals surface area contributed by atoms with Crippen molar-refractivity contribution in [2.45, 2.75) is 41.5 Å². The van der Waals surface area contributed by atoms with Crippen molar-refractivity contribution in [2.75, 3.05) is 0 Å². The number of allylic oxidation sites excluding steroid dienone is 2. The largest absolute Gasteiger partial charge is 0.512 e. The van der Waals surface area contributed by atoms with E-state index in [9.17, 15) is 4.79 Å².